The average molecular weight is 689 g/mol. The van der Waals surface area contributed by atoms with Crippen LogP contribution in [0.1, 0.15) is 21.1 Å². The quantitative estimate of drug-likeness (QED) is 0.0563. The van der Waals surface area contributed by atoms with Gasteiger partial charge in [0.05, 0.1) is 6.20 Å². The summed E-state index contributed by atoms with van der Waals surface area (Å²) in [5.41, 5.74) is 7.08. The molecule has 1 saturated heterocycles. The summed E-state index contributed by atoms with van der Waals surface area (Å²) in [6.45, 7) is 0.198. The van der Waals surface area contributed by atoms with Crippen LogP contribution in [0.3, 0.4) is 0 Å². The van der Waals surface area contributed by atoms with Gasteiger partial charge in [-0.15, -0.1) is 39.0 Å². The molecule has 2 aliphatic rings. The number of imidazole rings is 1. The summed E-state index contributed by atoms with van der Waals surface area (Å²) >= 11 is 4.60. The maximum Gasteiger partial charge on any atom is 0.352 e. The molecule has 2 aliphatic heterocycles. The van der Waals surface area contributed by atoms with E-state index in [4.69, 9.17) is 10.6 Å². The molecule has 0 saturated carbocycles. The number of nitrogen functional groups attached to an aromatic ring is 1. The molecule has 4 aromatic heterocycles. The molecule has 20 heteroatoms. The van der Waals surface area contributed by atoms with Gasteiger partial charge in [0.1, 0.15) is 53.2 Å². The van der Waals surface area contributed by atoms with Crippen molar-refractivity contribution < 1.29 is 38.8 Å². The predicted octanol–water partition coefficient (Wildman–Crippen LogP) is 0.745. The van der Waals surface area contributed by atoms with Gasteiger partial charge in [-0.25, -0.2) is 24.1 Å². The average Bonchev–Trinajstić information content (AvgIpc) is 3.75. The zero-order valence-corrected chi connectivity index (χ0v) is 26.3. The highest BCUT2D eigenvalue weighted by molar-refractivity contribution is 8.01. The van der Waals surface area contributed by atoms with Crippen molar-refractivity contribution in [2.75, 3.05) is 24.3 Å². The van der Waals surface area contributed by atoms with Gasteiger partial charge in [-0.05, 0) is 11.6 Å². The SMILES string of the molecule is CO/N=C(/C(=O)N[C@@H]1C(=O)N2C(C(=O)O)=C(CSc3nc(C[n+]4ccn5ncccc54)c(C(=O)O)s3)CSC12)c1csc(N)n1. The van der Waals surface area contributed by atoms with Crippen LogP contribution in [0.25, 0.3) is 5.65 Å². The summed E-state index contributed by atoms with van der Waals surface area (Å²) < 4.78 is 3.93. The van der Waals surface area contributed by atoms with Crippen molar-refractivity contribution in [1.29, 1.82) is 0 Å². The fourth-order valence-electron chi connectivity index (χ4n) is 4.74. The highest BCUT2D eigenvalue weighted by Gasteiger charge is 2.54. The van der Waals surface area contributed by atoms with Gasteiger partial charge in [0.25, 0.3) is 11.8 Å². The number of thioether (sulfide) groups is 2. The summed E-state index contributed by atoms with van der Waals surface area (Å²) in [6.07, 6.45) is 5.17. The standard InChI is InChI=1S/C25H21N9O7S4/c1-41-31-15(13-10-43-24(26)28-13)19(35)30-16-20(36)34-17(22(37)38)11(8-42-21(16)34)9-44-25-29-12(18(45-25)23(39)40)7-32-5-6-33-14(32)3-2-4-27-33/h2-6,10,16,21H,7-9H2,1H3,(H4-,26,28,30,35,37,38,39,40)/p+1/b31-15+/t16-,21?/m1/s1. The molecule has 232 valence electrons. The Labute approximate surface area is 269 Å². The number of aliphatic carboxylic acids is 1. The van der Waals surface area contributed by atoms with Crippen LogP contribution in [0.5, 0.6) is 0 Å². The number of carboxylic acid groups (broad SMARTS) is 2. The number of nitrogens with zero attached hydrogens (tertiary/aromatic N) is 7. The van der Waals surface area contributed by atoms with Crippen LogP contribution < -0.4 is 15.6 Å². The van der Waals surface area contributed by atoms with E-state index >= 15 is 0 Å². The van der Waals surface area contributed by atoms with E-state index in [1.807, 2.05) is 10.6 Å². The number of aromatic carboxylic acids is 1. The highest BCUT2D eigenvalue weighted by atomic mass is 32.2. The number of aromatic nitrogens is 5. The summed E-state index contributed by atoms with van der Waals surface area (Å²) in [5, 5.41) is 31.5. The second-order valence-corrected chi connectivity index (χ2v) is 13.6. The maximum atomic E-state index is 13.2. The lowest BCUT2D eigenvalue weighted by atomic mass is 10.0. The van der Waals surface area contributed by atoms with Crippen molar-refractivity contribution >= 4 is 86.4 Å². The minimum atomic E-state index is -1.29. The van der Waals surface area contributed by atoms with Crippen molar-refractivity contribution in [3.63, 3.8) is 0 Å². The van der Waals surface area contributed by atoms with Gasteiger partial charge in [0.15, 0.2) is 21.4 Å². The largest absolute Gasteiger partial charge is 0.477 e. The number of anilines is 1. The molecule has 2 atom stereocenters. The molecular weight excluding hydrogens is 667 g/mol. The molecule has 0 aliphatic carbocycles. The van der Waals surface area contributed by atoms with E-state index in [0.717, 1.165) is 33.2 Å². The summed E-state index contributed by atoms with van der Waals surface area (Å²) in [4.78, 5) is 65.1. The third-order valence-corrected chi connectivity index (χ3v) is 11.0. The van der Waals surface area contributed by atoms with E-state index in [0.29, 0.717) is 15.6 Å². The fraction of sp³-hybridized carbons (Fsp3) is 0.240. The lowest BCUT2D eigenvalue weighted by Gasteiger charge is -2.49. The Hall–Kier alpha value is -4.53. The molecular formula is C25H22N9O7S4+. The number of nitrogens with two attached hydrogens (primary N) is 1. The topological polar surface area (TPSA) is 219 Å². The van der Waals surface area contributed by atoms with E-state index < -0.39 is 35.2 Å². The van der Waals surface area contributed by atoms with Gasteiger partial charge in [-0.2, -0.15) is 0 Å². The maximum absolute atomic E-state index is 13.2. The van der Waals surface area contributed by atoms with Gasteiger partial charge in [0.2, 0.25) is 0 Å². The summed E-state index contributed by atoms with van der Waals surface area (Å²) in [6, 6.07) is 2.62. The van der Waals surface area contributed by atoms with E-state index in [1.54, 1.807) is 29.2 Å². The number of carbonyl (C=O) groups excluding carboxylic acids is 2. The highest BCUT2D eigenvalue weighted by Crippen LogP contribution is 2.42. The van der Waals surface area contributed by atoms with E-state index in [-0.39, 0.29) is 45.2 Å². The Morgan fingerprint density at radius 2 is 2.11 bits per heavy atom. The van der Waals surface area contributed by atoms with Gasteiger partial charge in [-0.1, -0.05) is 22.0 Å². The first kappa shape index (κ1) is 30.5. The molecule has 2 amide bonds. The molecule has 4 aromatic rings. The number of hydrogen-bond acceptors (Lipinski definition) is 14. The van der Waals surface area contributed by atoms with Crippen LogP contribution in [-0.2, 0) is 25.8 Å². The molecule has 0 spiro atoms. The first-order chi connectivity index (χ1) is 21.7. The Morgan fingerprint density at radius 3 is 2.82 bits per heavy atom. The predicted molar refractivity (Wildman–Crippen MR) is 164 cm³/mol. The lowest BCUT2D eigenvalue weighted by molar-refractivity contribution is -0.662. The van der Waals surface area contributed by atoms with Gasteiger partial charge in [-0.3, -0.25) is 14.5 Å². The number of oxime groups is 1. The molecule has 1 fully saturated rings. The van der Waals surface area contributed by atoms with Crippen LogP contribution in [-0.4, -0.2) is 94.2 Å². The smallest absolute Gasteiger partial charge is 0.352 e. The van der Waals surface area contributed by atoms with Crippen molar-refractivity contribution in [3.05, 3.63) is 63.6 Å². The first-order valence-corrected chi connectivity index (χ1v) is 16.6. The third kappa shape index (κ3) is 5.83. The van der Waals surface area contributed by atoms with Crippen molar-refractivity contribution in [1.82, 2.24) is 29.8 Å². The lowest BCUT2D eigenvalue weighted by Crippen LogP contribution is -2.71. The minimum absolute atomic E-state index is 0.0759. The molecule has 16 nitrogen and oxygen atoms in total. The molecule has 0 radical (unpaired) electrons. The summed E-state index contributed by atoms with van der Waals surface area (Å²) in [5.74, 6) is -3.29. The Kier molecular flexibility index (Phi) is 8.44. The number of fused-ring (bicyclic) bond motifs is 2. The van der Waals surface area contributed by atoms with E-state index in [9.17, 15) is 29.4 Å². The molecule has 0 bridgehead atoms. The van der Waals surface area contributed by atoms with Crippen LogP contribution in [0.4, 0.5) is 5.13 Å². The number of amides is 2. The number of carbonyl (C=O) groups is 4. The van der Waals surface area contributed by atoms with Gasteiger partial charge < -0.3 is 26.1 Å². The van der Waals surface area contributed by atoms with Crippen molar-refractivity contribution in [3.8, 4) is 0 Å². The molecule has 5 N–H and O–H groups in total. The molecule has 6 heterocycles. The van der Waals surface area contributed by atoms with Gasteiger partial charge >= 0.3 is 17.6 Å². The molecule has 45 heavy (non-hydrogen) atoms. The molecule has 1 unspecified atom stereocenters. The van der Waals surface area contributed by atoms with Crippen molar-refractivity contribution in [2.24, 2.45) is 5.16 Å². The zero-order valence-electron chi connectivity index (χ0n) is 23.0. The number of hydrogen-bond donors (Lipinski definition) is 4. The van der Waals surface area contributed by atoms with Crippen LogP contribution in [0, 0.1) is 0 Å². The number of carboxylic acids is 2. The van der Waals surface area contributed by atoms with E-state index in [1.165, 1.54) is 36.0 Å². The molecule has 6 rings (SSSR count). The number of rotatable bonds is 11. The first-order valence-electron chi connectivity index (χ1n) is 12.9. The Morgan fingerprint density at radius 1 is 1.29 bits per heavy atom. The second kappa shape index (κ2) is 12.5. The second-order valence-electron chi connectivity index (χ2n) is 9.41. The monoisotopic (exact) mass is 688 g/mol. The minimum Gasteiger partial charge on any atom is -0.477 e. The summed E-state index contributed by atoms with van der Waals surface area (Å²) in [7, 11) is 1.26. The fourth-order valence-corrected chi connectivity index (χ4v) is 8.79. The van der Waals surface area contributed by atoms with Gasteiger partial charge in [0, 0.05) is 23.0 Å². The van der Waals surface area contributed by atoms with Crippen molar-refractivity contribution in [2.45, 2.75) is 22.3 Å². The Balaban J connectivity index is 1.17. The molecule has 0 aromatic carbocycles. The van der Waals surface area contributed by atoms with Crippen LogP contribution in [0.2, 0.25) is 0 Å². The van der Waals surface area contributed by atoms with Crippen LogP contribution in [0.15, 0.2) is 56.9 Å². The number of thiazole rings is 2. The third-order valence-electron chi connectivity index (χ3n) is 6.70. The zero-order chi connectivity index (χ0) is 31.8. The number of β-lactam (4-membered cyclic amide) rings is 1. The van der Waals surface area contributed by atoms with Crippen LogP contribution >= 0.6 is 46.2 Å². The Bertz CT molecular complexity index is 1920. The van der Waals surface area contributed by atoms with E-state index in [2.05, 4.69) is 25.5 Å². The number of nitrogens with one attached hydrogen (secondary N) is 1. The normalized spacial score (nSPS) is 18.1.